The molecule has 0 aliphatic heterocycles. The molecule has 0 N–H and O–H groups in total. The molecule has 0 atom stereocenters. The molecule has 0 radical (unpaired) electrons. The van der Waals surface area contributed by atoms with Crippen LogP contribution in [0.1, 0.15) is 16.8 Å². The second-order valence-electron chi connectivity index (χ2n) is 2.68. The van der Waals surface area contributed by atoms with E-state index in [0.717, 1.165) is 0 Å². The number of hydrogen-bond acceptors (Lipinski definition) is 3. The van der Waals surface area contributed by atoms with Crippen molar-refractivity contribution in [2.45, 2.75) is 6.42 Å². The topological polar surface area (TPSA) is 26.3 Å². The summed E-state index contributed by atoms with van der Waals surface area (Å²) < 4.78 is 4.75. The monoisotopic (exact) mass is 228 g/mol. The van der Waals surface area contributed by atoms with E-state index in [4.69, 9.17) is 28.6 Å². The Labute approximate surface area is 92.8 Å². The highest BCUT2D eigenvalue weighted by Crippen LogP contribution is 2.11. The van der Waals surface area contributed by atoms with Crippen molar-refractivity contribution < 1.29 is 9.53 Å². The number of thiocarbonyl (C=S) groups is 1. The Hall–Kier alpha value is -0.930. The Morgan fingerprint density at radius 2 is 2.00 bits per heavy atom. The molecule has 14 heavy (non-hydrogen) atoms. The Morgan fingerprint density at radius 3 is 2.50 bits per heavy atom. The molecule has 0 unspecified atom stereocenters. The van der Waals surface area contributed by atoms with E-state index in [1.165, 1.54) is 7.11 Å². The molecule has 0 spiro atoms. The van der Waals surface area contributed by atoms with Gasteiger partial charge in [-0.15, -0.1) is 0 Å². The average Bonchev–Trinajstić information content (AvgIpc) is 2.18. The Balaban J connectivity index is 2.70. The van der Waals surface area contributed by atoms with Crippen LogP contribution in [-0.2, 0) is 4.74 Å². The average molecular weight is 229 g/mol. The molecule has 0 saturated carbocycles. The van der Waals surface area contributed by atoms with Gasteiger partial charge in [0.15, 0.2) is 10.8 Å². The first kappa shape index (κ1) is 11.1. The number of ether oxygens (including phenoxy) is 1. The standard InChI is InChI=1S/C10H9ClO2S/c1-13-10(14)6-9(12)7-2-4-8(11)5-3-7/h2-5H,6H2,1H3. The zero-order valence-electron chi connectivity index (χ0n) is 7.62. The fourth-order valence-electron chi connectivity index (χ4n) is 0.941. The summed E-state index contributed by atoms with van der Waals surface area (Å²) in [7, 11) is 1.46. The first-order chi connectivity index (χ1) is 6.63. The van der Waals surface area contributed by atoms with Crippen LogP contribution in [0.4, 0.5) is 0 Å². The van der Waals surface area contributed by atoms with Gasteiger partial charge in [0.2, 0.25) is 0 Å². The summed E-state index contributed by atoms with van der Waals surface area (Å²) >= 11 is 10.5. The zero-order valence-corrected chi connectivity index (χ0v) is 9.19. The SMILES string of the molecule is COC(=S)CC(=O)c1ccc(Cl)cc1. The summed E-state index contributed by atoms with van der Waals surface area (Å²) in [6.45, 7) is 0. The van der Waals surface area contributed by atoms with Gasteiger partial charge in [-0.25, -0.2) is 0 Å². The maximum Gasteiger partial charge on any atom is 0.171 e. The van der Waals surface area contributed by atoms with Crippen molar-refractivity contribution in [1.82, 2.24) is 0 Å². The Bertz CT molecular complexity index is 346. The number of Topliss-reactive ketones (excluding diaryl/α,β-unsaturated/α-hetero) is 1. The van der Waals surface area contributed by atoms with Gasteiger partial charge in [-0.3, -0.25) is 4.79 Å². The van der Waals surface area contributed by atoms with Crippen LogP contribution in [0.3, 0.4) is 0 Å². The molecule has 2 nitrogen and oxygen atoms in total. The van der Waals surface area contributed by atoms with Crippen molar-refractivity contribution in [3.63, 3.8) is 0 Å². The van der Waals surface area contributed by atoms with E-state index in [1.54, 1.807) is 24.3 Å². The lowest BCUT2D eigenvalue weighted by atomic mass is 10.1. The van der Waals surface area contributed by atoms with Gasteiger partial charge in [0, 0.05) is 10.6 Å². The maximum atomic E-state index is 11.5. The number of benzene rings is 1. The van der Waals surface area contributed by atoms with Crippen LogP contribution in [-0.4, -0.2) is 17.9 Å². The lowest BCUT2D eigenvalue weighted by molar-refractivity contribution is 0.0996. The fourth-order valence-corrected chi connectivity index (χ4v) is 1.20. The quantitative estimate of drug-likeness (QED) is 0.588. The van der Waals surface area contributed by atoms with Crippen LogP contribution >= 0.6 is 23.8 Å². The molecule has 1 aromatic rings. The third kappa shape index (κ3) is 3.09. The summed E-state index contributed by atoms with van der Waals surface area (Å²) in [6.07, 6.45) is 0.132. The van der Waals surface area contributed by atoms with E-state index >= 15 is 0 Å². The van der Waals surface area contributed by atoms with Crippen molar-refractivity contribution >= 4 is 34.7 Å². The first-order valence-electron chi connectivity index (χ1n) is 3.99. The minimum atomic E-state index is -0.0616. The van der Waals surface area contributed by atoms with Crippen molar-refractivity contribution in [2.24, 2.45) is 0 Å². The van der Waals surface area contributed by atoms with Crippen LogP contribution in [0.5, 0.6) is 0 Å². The van der Waals surface area contributed by atoms with E-state index in [0.29, 0.717) is 15.6 Å². The van der Waals surface area contributed by atoms with Crippen molar-refractivity contribution in [3.8, 4) is 0 Å². The number of hydrogen-bond donors (Lipinski definition) is 0. The number of carbonyl (C=O) groups excluding carboxylic acids is 1. The molecule has 0 aromatic heterocycles. The third-order valence-electron chi connectivity index (χ3n) is 1.70. The van der Waals surface area contributed by atoms with E-state index in [1.807, 2.05) is 0 Å². The molecule has 0 amide bonds. The highest BCUT2D eigenvalue weighted by Gasteiger charge is 2.08. The van der Waals surface area contributed by atoms with Gasteiger partial charge < -0.3 is 4.74 Å². The third-order valence-corrected chi connectivity index (χ3v) is 2.26. The molecule has 1 rings (SSSR count). The second kappa shape index (κ2) is 5.08. The summed E-state index contributed by atoms with van der Waals surface area (Å²) in [5.41, 5.74) is 0.591. The van der Waals surface area contributed by atoms with E-state index in [-0.39, 0.29) is 12.2 Å². The highest BCUT2D eigenvalue weighted by molar-refractivity contribution is 7.80. The molecule has 74 valence electrons. The van der Waals surface area contributed by atoms with Gasteiger partial charge in [0.1, 0.15) is 0 Å². The number of halogens is 1. The molecule has 0 fully saturated rings. The van der Waals surface area contributed by atoms with Crippen molar-refractivity contribution in [3.05, 3.63) is 34.9 Å². The molecule has 0 aliphatic rings. The number of carbonyl (C=O) groups is 1. The molecular weight excluding hydrogens is 220 g/mol. The first-order valence-corrected chi connectivity index (χ1v) is 4.77. The summed E-state index contributed by atoms with van der Waals surface area (Å²) in [6, 6.07) is 6.68. The van der Waals surface area contributed by atoms with Crippen molar-refractivity contribution in [1.29, 1.82) is 0 Å². The van der Waals surface area contributed by atoms with E-state index < -0.39 is 0 Å². The van der Waals surface area contributed by atoms with Gasteiger partial charge in [0.05, 0.1) is 13.5 Å². The second-order valence-corrected chi connectivity index (χ2v) is 3.57. The number of ketones is 1. The minimum absolute atomic E-state index is 0.0616. The Morgan fingerprint density at radius 1 is 1.43 bits per heavy atom. The van der Waals surface area contributed by atoms with E-state index in [2.05, 4.69) is 0 Å². The molecular formula is C10H9ClO2S. The van der Waals surface area contributed by atoms with Gasteiger partial charge in [-0.2, -0.15) is 0 Å². The molecule has 0 heterocycles. The van der Waals surface area contributed by atoms with E-state index in [9.17, 15) is 4.79 Å². The minimum Gasteiger partial charge on any atom is -0.490 e. The highest BCUT2D eigenvalue weighted by atomic mass is 35.5. The zero-order chi connectivity index (χ0) is 10.6. The maximum absolute atomic E-state index is 11.5. The summed E-state index contributed by atoms with van der Waals surface area (Å²) in [5.74, 6) is -0.0616. The number of rotatable bonds is 3. The predicted molar refractivity (Wildman–Crippen MR) is 60.0 cm³/mol. The van der Waals surface area contributed by atoms with Crippen molar-refractivity contribution in [2.75, 3.05) is 7.11 Å². The summed E-state index contributed by atoms with van der Waals surface area (Å²) in [4.78, 5) is 11.5. The molecule has 0 saturated heterocycles. The van der Waals surface area contributed by atoms with Gasteiger partial charge in [-0.1, -0.05) is 11.6 Å². The van der Waals surface area contributed by atoms with Crippen LogP contribution in [0.2, 0.25) is 5.02 Å². The lowest BCUT2D eigenvalue weighted by Crippen LogP contribution is -2.07. The molecule has 0 aliphatic carbocycles. The Kier molecular flexibility index (Phi) is 4.04. The smallest absolute Gasteiger partial charge is 0.171 e. The fraction of sp³-hybridized carbons (Fsp3) is 0.200. The normalized spacial score (nSPS) is 9.57. The summed E-state index contributed by atoms with van der Waals surface area (Å²) in [5, 5.41) is 0.904. The van der Waals surface area contributed by atoms with Crippen LogP contribution < -0.4 is 0 Å². The van der Waals surface area contributed by atoms with Gasteiger partial charge in [-0.05, 0) is 36.5 Å². The predicted octanol–water partition coefficient (Wildman–Crippen LogP) is 2.89. The van der Waals surface area contributed by atoms with Crippen LogP contribution in [0, 0.1) is 0 Å². The molecule has 4 heteroatoms. The largest absolute Gasteiger partial charge is 0.490 e. The van der Waals surface area contributed by atoms with Crippen LogP contribution in [0.25, 0.3) is 0 Å². The van der Waals surface area contributed by atoms with Crippen LogP contribution in [0.15, 0.2) is 24.3 Å². The van der Waals surface area contributed by atoms with Gasteiger partial charge >= 0.3 is 0 Å². The molecule has 1 aromatic carbocycles. The number of methoxy groups -OCH3 is 1. The van der Waals surface area contributed by atoms with Gasteiger partial charge in [0.25, 0.3) is 0 Å². The lowest BCUT2D eigenvalue weighted by Gasteiger charge is -2.01. The molecule has 0 bridgehead atoms.